The maximum Gasteiger partial charge on any atom is 0.338 e. The van der Waals surface area contributed by atoms with Gasteiger partial charge in [0.05, 0.1) is 16.8 Å². The average Bonchev–Trinajstić information content (AvgIpc) is 3.11. The van der Waals surface area contributed by atoms with E-state index in [1.807, 2.05) is 17.1 Å². The molecule has 28 heavy (non-hydrogen) atoms. The highest BCUT2D eigenvalue weighted by molar-refractivity contribution is 5.99. The Hall–Kier alpha value is -3.20. The Labute approximate surface area is 162 Å². The van der Waals surface area contributed by atoms with Gasteiger partial charge in [0.25, 0.3) is 5.91 Å². The zero-order valence-electron chi connectivity index (χ0n) is 15.3. The van der Waals surface area contributed by atoms with Gasteiger partial charge in [-0.05, 0) is 30.4 Å². The molecule has 146 valence electrons. The van der Waals surface area contributed by atoms with E-state index in [2.05, 4.69) is 20.3 Å². The van der Waals surface area contributed by atoms with Crippen LogP contribution < -0.4 is 21.1 Å². The van der Waals surface area contributed by atoms with E-state index in [1.165, 1.54) is 12.4 Å². The lowest BCUT2D eigenvalue weighted by atomic mass is 9.96. The second-order valence-electron chi connectivity index (χ2n) is 7.13. The van der Waals surface area contributed by atoms with E-state index in [1.54, 1.807) is 6.07 Å². The Morgan fingerprint density at radius 2 is 1.93 bits per heavy atom. The zero-order chi connectivity index (χ0) is 19.7. The molecule has 2 aromatic rings. The number of hydrogen-bond donors (Lipinski definition) is 3. The van der Waals surface area contributed by atoms with E-state index in [0.717, 1.165) is 43.7 Å². The number of nitrogens with two attached hydrogens (primary N) is 1. The van der Waals surface area contributed by atoms with Crippen LogP contribution in [0.2, 0.25) is 0 Å². The predicted molar refractivity (Wildman–Crippen MR) is 103 cm³/mol. The van der Waals surface area contributed by atoms with Gasteiger partial charge in [0, 0.05) is 38.6 Å². The van der Waals surface area contributed by atoms with E-state index >= 15 is 0 Å². The SMILES string of the molecule is NC(=O)c1cccc2c1N(CC1CCN(c3ncc(C(=O)O)cn3)CC1)NC2. The molecule has 0 saturated carbocycles. The third-order valence-corrected chi connectivity index (χ3v) is 5.34. The average molecular weight is 382 g/mol. The van der Waals surface area contributed by atoms with Crippen molar-refractivity contribution in [2.45, 2.75) is 19.4 Å². The van der Waals surface area contributed by atoms with E-state index < -0.39 is 11.9 Å². The normalized spacial score (nSPS) is 16.9. The summed E-state index contributed by atoms with van der Waals surface area (Å²) in [6.07, 6.45) is 4.59. The first kappa shape index (κ1) is 18.2. The molecule has 4 N–H and O–H groups in total. The summed E-state index contributed by atoms with van der Waals surface area (Å²) in [5.41, 5.74) is 11.5. The molecule has 1 saturated heterocycles. The number of aromatic nitrogens is 2. The molecule has 1 aromatic carbocycles. The van der Waals surface area contributed by atoms with Gasteiger partial charge in [0.1, 0.15) is 0 Å². The summed E-state index contributed by atoms with van der Waals surface area (Å²) in [6.45, 7) is 3.09. The molecule has 0 bridgehead atoms. The molecule has 0 radical (unpaired) electrons. The Morgan fingerprint density at radius 1 is 1.21 bits per heavy atom. The summed E-state index contributed by atoms with van der Waals surface area (Å²) >= 11 is 0. The van der Waals surface area contributed by atoms with Crippen LogP contribution in [0.4, 0.5) is 11.6 Å². The van der Waals surface area contributed by atoms with Crippen molar-refractivity contribution in [2.75, 3.05) is 29.5 Å². The number of hydrazine groups is 1. The Bertz CT molecular complexity index is 893. The van der Waals surface area contributed by atoms with Gasteiger partial charge in [-0.15, -0.1) is 0 Å². The van der Waals surface area contributed by atoms with Gasteiger partial charge in [0.15, 0.2) is 0 Å². The number of fused-ring (bicyclic) bond motifs is 1. The summed E-state index contributed by atoms with van der Waals surface area (Å²) in [6, 6.07) is 5.63. The van der Waals surface area contributed by atoms with Crippen LogP contribution in [-0.4, -0.2) is 46.6 Å². The number of carboxylic acid groups (broad SMARTS) is 1. The highest BCUT2D eigenvalue weighted by Crippen LogP contribution is 2.31. The first-order chi connectivity index (χ1) is 13.5. The molecule has 1 amide bonds. The molecule has 1 aromatic heterocycles. The van der Waals surface area contributed by atoms with Gasteiger partial charge in [-0.2, -0.15) is 0 Å². The summed E-state index contributed by atoms with van der Waals surface area (Å²) in [4.78, 5) is 33.1. The Morgan fingerprint density at radius 3 is 2.57 bits per heavy atom. The molecule has 9 heteroatoms. The molecule has 2 aliphatic heterocycles. The smallest absolute Gasteiger partial charge is 0.338 e. The lowest BCUT2D eigenvalue weighted by Crippen LogP contribution is -2.42. The number of benzene rings is 1. The van der Waals surface area contributed by atoms with Crippen molar-refractivity contribution in [2.24, 2.45) is 11.7 Å². The maximum atomic E-state index is 11.8. The van der Waals surface area contributed by atoms with E-state index in [-0.39, 0.29) is 5.56 Å². The summed E-state index contributed by atoms with van der Waals surface area (Å²) in [5.74, 6) is -0.431. The van der Waals surface area contributed by atoms with E-state index in [4.69, 9.17) is 10.8 Å². The van der Waals surface area contributed by atoms with Crippen LogP contribution in [0.25, 0.3) is 0 Å². The first-order valence-corrected chi connectivity index (χ1v) is 9.26. The van der Waals surface area contributed by atoms with Crippen molar-refractivity contribution in [3.63, 3.8) is 0 Å². The lowest BCUT2D eigenvalue weighted by molar-refractivity contribution is 0.0695. The number of para-hydroxylation sites is 1. The number of hydrogen-bond acceptors (Lipinski definition) is 7. The minimum atomic E-state index is -1.03. The third kappa shape index (κ3) is 3.48. The molecular weight excluding hydrogens is 360 g/mol. The van der Waals surface area contributed by atoms with Crippen molar-refractivity contribution >= 4 is 23.5 Å². The molecule has 0 atom stereocenters. The van der Waals surface area contributed by atoms with Gasteiger partial charge < -0.3 is 20.7 Å². The van der Waals surface area contributed by atoms with Crippen LogP contribution >= 0.6 is 0 Å². The zero-order valence-corrected chi connectivity index (χ0v) is 15.3. The van der Waals surface area contributed by atoms with Gasteiger partial charge >= 0.3 is 5.97 Å². The highest BCUT2D eigenvalue weighted by Gasteiger charge is 2.28. The van der Waals surface area contributed by atoms with Crippen molar-refractivity contribution in [1.29, 1.82) is 0 Å². The van der Waals surface area contributed by atoms with E-state index in [0.29, 0.717) is 24.0 Å². The van der Waals surface area contributed by atoms with Gasteiger partial charge in [0.2, 0.25) is 5.95 Å². The molecular formula is C19H22N6O3. The maximum absolute atomic E-state index is 11.8. The first-order valence-electron chi connectivity index (χ1n) is 9.26. The number of aromatic carboxylic acids is 1. The predicted octanol–water partition coefficient (Wildman–Crippen LogP) is 1.01. The summed E-state index contributed by atoms with van der Waals surface area (Å²) < 4.78 is 0. The molecule has 1 fully saturated rings. The van der Waals surface area contributed by atoms with Crippen molar-refractivity contribution in [1.82, 2.24) is 15.4 Å². The van der Waals surface area contributed by atoms with Crippen LogP contribution in [0.3, 0.4) is 0 Å². The van der Waals surface area contributed by atoms with Crippen molar-refractivity contribution < 1.29 is 14.7 Å². The Kier molecular flexibility index (Phi) is 4.82. The number of anilines is 2. The number of carboxylic acids is 1. The summed E-state index contributed by atoms with van der Waals surface area (Å²) in [7, 11) is 0. The largest absolute Gasteiger partial charge is 0.478 e. The molecule has 0 spiro atoms. The van der Waals surface area contributed by atoms with E-state index in [9.17, 15) is 9.59 Å². The quantitative estimate of drug-likeness (QED) is 0.700. The molecule has 9 nitrogen and oxygen atoms in total. The fourth-order valence-corrected chi connectivity index (χ4v) is 3.84. The fraction of sp³-hybridized carbons (Fsp3) is 0.368. The van der Waals surface area contributed by atoms with Crippen LogP contribution in [0.5, 0.6) is 0 Å². The van der Waals surface area contributed by atoms with Crippen LogP contribution in [-0.2, 0) is 6.54 Å². The molecule has 0 aliphatic carbocycles. The number of amides is 1. The molecule has 2 aliphatic rings. The van der Waals surface area contributed by atoms with Crippen LogP contribution in [0.15, 0.2) is 30.6 Å². The molecule has 4 rings (SSSR count). The van der Waals surface area contributed by atoms with Crippen LogP contribution in [0, 0.1) is 5.92 Å². The molecule has 0 unspecified atom stereocenters. The van der Waals surface area contributed by atoms with Crippen molar-refractivity contribution in [3.8, 4) is 0 Å². The van der Waals surface area contributed by atoms with Gasteiger partial charge in [-0.1, -0.05) is 12.1 Å². The Balaban J connectivity index is 1.39. The highest BCUT2D eigenvalue weighted by atomic mass is 16.4. The third-order valence-electron chi connectivity index (χ3n) is 5.34. The second kappa shape index (κ2) is 7.43. The fourth-order valence-electron chi connectivity index (χ4n) is 3.84. The molecule has 3 heterocycles. The number of carbonyl (C=O) groups excluding carboxylic acids is 1. The number of rotatable bonds is 5. The minimum absolute atomic E-state index is 0.0858. The van der Waals surface area contributed by atoms with Crippen molar-refractivity contribution in [3.05, 3.63) is 47.3 Å². The second-order valence-corrected chi connectivity index (χ2v) is 7.13. The van der Waals surface area contributed by atoms with Gasteiger partial charge in [-0.25, -0.2) is 20.2 Å². The number of carbonyl (C=O) groups is 2. The topological polar surface area (TPSA) is 125 Å². The van der Waals surface area contributed by atoms with Gasteiger partial charge in [-0.3, -0.25) is 4.79 Å². The lowest BCUT2D eigenvalue weighted by Gasteiger charge is -2.34. The standard InChI is InChI=1S/C19H22N6O3/c20-17(26)15-3-1-2-13-10-23-25(16(13)15)11-12-4-6-24(7-5-12)19-21-8-14(9-22-19)18(27)28/h1-3,8-9,12,23H,4-7,10-11H2,(H2,20,26)(H,27,28). The number of primary amides is 1. The monoisotopic (exact) mass is 382 g/mol. The number of nitrogens with one attached hydrogen (secondary N) is 1. The number of piperidine rings is 1. The number of nitrogens with zero attached hydrogens (tertiary/aromatic N) is 4. The summed E-state index contributed by atoms with van der Waals surface area (Å²) in [5, 5.41) is 11.0. The van der Waals surface area contributed by atoms with Crippen LogP contribution in [0.1, 0.15) is 39.1 Å². The minimum Gasteiger partial charge on any atom is -0.478 e.